The van der Waals surface area contributed by atoms with Crippen LogP contribution in [0.25, 0.3) is 0 Å². The molecule has 96 valence electrons. The molecule has 0 spiro atoms. The van der Waals surface area contributed by atoms with Crippen molar-refractivity contribution in [2.45, 2.75) is 39.2 Å². The second kappa shape index (κ2) is 8.20. The van der Waals surface area contributed by atoms with Gasteiger partial charge >= 0.3 is 0 Å². The highest BCUT2D eigenvalue weighted by Crippen LogP contribution is 2.08. The number of nitrogens with one attached hydrogen (secondary N) is 1. The Morgan fingerprint density at radius 1 is 1.25 bits per heavy atom. The molecule has 0 radical (unpaired) electrons. The fourth-order valence-corrected chi connectivity index (χ4v) is 3.45. The van der Waals surface area contributed by atoms with Crippen molar-refractivity contribution < 1.29 is 4.21 Å². The molecule has 1 rings (SSSR count). The number of hydrogen-bond donors (Lipinski definition) is 1. The van der Waals surface area contributed by atoms with E-state index in [-0.39, 0.29) is 0 Å². The van der Waals surface area contributed by atoms with E-state index < -0.39 is 10.8 Å². The summed E-state index contributed by atoms with van der Waals surface area (Å²) in [6, 6.07) is 0.620. The molecule has 1 fully saturated rings. The monoisotopic (exact) mass is 246 g/mol. The molecule has 1 aliphatic rings. The molecule has 0 aromatic carbocycles. The first-order valence-corrected chi connectivity index (χ1v) is 8.05. The zero-order chi connectivity index (χ0) is 11.8. The first-order chi connectivity index (χ1) is 7.76. The van der Waals surface area contributed by atoms with Crippen molar-refractivity contribution in [3.8, 4) is 0 Å². The van der Waals surface area contributed by atoms with E-state index in [1.807, 2.05) is 0 Å². The van der Waals surface area contributed by atoms with Gasteiger partial charge in [0, 0.05) is 28.3 Å². The average Bonchev–Trinajstić information content (AvgIpc) is 2.32. The van der Waals surface area contributed by atoms with E-state index >= 15 is 0 Å². The molecule has 1 saturated heterocycles. The summed E-state index contributed by atoms with van der Waals surface area (Å²) >= 11 is 0. The summed E-state index contributed by atoms with van der Waals surface area (Å²) in [6.07, 6.45) is 3.41. The van der Waals surface area contributed by atoms with Gasteiger partial charge in [0.1, 0.15) is 0 Å². The van der Waals surface area contributed by atoms with Crippen LogP contribution in [0.3, 0.4) is 0 Å². The van der Waals surface area contributed by atoms with Crippen LogP contribution in [0.5, 0.6) is 0 Å². The van der Waals surface area contributed by atoms with Crippen molar-refractivity contribution >= 4 is 10.8 Å². The summed E-state index contributed by atoms with van der Waals surface area (Å²) in [6.45, 7) is 9.03. The van der Waals surface area contributed by atoms with Crippen LogP contribution in [0, 0.1) is 0 Å². The Labute approximate surface area is 102 Å². The topological polar surface area (TPSA) is 32.3 Å². The van der Waals surface area contributed by atoms with Gasteiger partial charge in [-0.05, 0) is 45.4 Å². The smallest absolute Gasteiger partial charge is 0.0249 e. The van der Waals surface area contributed by atoms with Gasteiger partial charge < -0.3 is 10.2 Å². The van der Waals surface area contributed by atoms with E-state index in [0.717, 1.165) is 44.0 Å². The standard InChI is InChI=1S/C12H26N2OS/c1-3-14(4-2)9-5-8-13-12-6-10-16(15)11-7-12/h12-13H,3-11H2,1-2H3. The molecule has 4 heteroatoms. The summed E-state index contributed by atoms with van der Waals surface area (Å²) in [7, 11) is -0.527. The molecule has 0 bridgehead atoms. The van der Waals surface area contributed by atoms with Gasteiger partial charge in [-0.2, -0.15) is 0 Å². The van der Waals surface area contributed by atoms with Crippen LogP contribution in [-0.2, 0) is 10.8 Å². The molecular formula is C12H26N2OS. The average molecular weight is 246 g/mol. The summed E-state index contributed by atoms with van der Waals surface area (Å²) in [5, 5.41) is 3.58. The minimum atomic E-state index is -0.527. The Bertz CT molecular complexity index is 197. The minimum Gasteiger partial charge on any atom is -0.314 e. The lowest BCUT2D eigenvalue weighted by Gasteiger charge is -2.23. The van der Waals surface area contributed by atoms with Gasteiger partial charge in [0.2, 0.25) is 0 Å². The van der Waals surface area contributed by atoms with Crippen molar-refractivity contribution in [1.29, 1.82) is 0 Å². The van der Waals surface area contributed by atoms with Crippen LogP contribution in [-0.4, -0.2) is 52.8 Å². The van der Waals surface area contributed by atoms with Crippen LogP contribution in [0.1, 0.15) is 33.1 Å². The third-order valence-electron chi connectivity index (χ3n) is 3.37. The van der Waals surface area contributed by atoms with E-state index in [2.05, 4.69) is 24.1 Å². The normalized spacial score (nSPS) is 26.2. The number of hydrogen-bond acceptors (Lipinski definition) is 3. The predicted molar refractivity (Wildman–Crippen MR) is 71.3 cm³/mol. The van der Waals surface area contributed by atoms with Gasteiger partial charge in [0.15, 0.2) is 0 Å². The SMILES string of the molecule is CCN(CC)CCCNC1CCS(=O)CC1. The molecule has 1 aliphatic heterocycles. The molecule has 0 amide bonds. The van der Waals surface area contributed by atoms with Gasteiger partial charge in [0.25, 0.3) is 0 Å². The lowest BCUT2D eigenvalue weighted by atomic mass is 10.1. The quantitative estimate of drug-likeness (QED) is 0.686. The molecule has 0 saturated carbocycles. The molecule has 0 aromatic rings. The zero-order valence-corrected chi connectivity index (χ0v) is 11.5. The van der Waals surface area contributed by atoms with Crippen LogP contribution in [0.15, 0.2) is 0 Å². The number of nitrogens with zero attached hydrogens (tertiary/aromatic N) is 1. The van der Waals surface area contributed by atoms with Crippen molar-refractivity contribution in [3.63, 3.8) is 0 Å². The molecule has 3 nitrogen and oxygen atoms in total. The highest BCUT2D eigenvalue weighted by atomic mass is 32.2. The Kier molecular flexibility index (Phi) is 7.25. The molecule has 0 aromatic heterocycles. The minimum absolute atomic E-state index is 0.527. The number of rotatable bonds is 7. The van der Waals surface area contributed by atoms with Crippen molar-refractivity contribution in [2.75, 3.05) is 37.7 Å². The van der Waals surface area contributed by atoms with Crippen molar-refractivity contribution in [1.82, 2.24) is 10.2 Å². The molecule has 0 atom stereocenters. The van der Waals surface area contributed by atoms with Crippen LogP contribution >= 0.6 is 0 Å². The van der Waals surface area contributed by atoms with Gasteiger partial charge in [-0.25, -0.2) is 0 Å². The maximum Gasteiger partial charge on any atom is 0.0249 e. The lowest BCUT2D eigenvalue weighted by molar-refractivity contribution is 0.294. The van der Waals surface area contributed by atoms with Crippen LogP contribution in [0.2, 0.25) is 0 Å². The predicted octanol–water partition coefficient (Wildman–Crippen LogP) is 1.22. The molecule has 0 aliphatic carbocycles. The maximum absolute atomic E-state index is 11.2. The third-order valence-corrected chi connectivity index (χ3v) is 4.75. The summed E-state index contributed by atoms with van der Waals surface area (Å²) in [5.41, 5.74) is 0. The maximum atomic E-state index is 11.2. The molecule has 0 unspecified atom stereocenters. The molecule has 1 N–H and O–H groups in total. The zero-order valence-electron chi connectivity index (χ0n) is 10.7. The summed E-state index contributed by atoms with van der Waals surface area (Å²) < 4.78 is 11.2. The van der Waals surface area contributed by atoms with Gasteiger partial charge in [-0.15, -0.1) is 0 Å². The molecular weight excluding hydrogens is 220 g/mol. The highest BCUT2D eigenvalue weighted by Gasteiger charge is 2.16. The van der Waals surface area contributed by atoms with E-state index in [0.29, 0.717) is 6.04 Å². The van der Waals surface area contributed by atoms with Crippen molar-refractivity contribution in [3.05, 3.63) is 0 Å². The lowest BCUT2D eigenvalue weighted by Crippen LogP contribution is -2.37. The van der Waals surface area contributed by atoms with Crippen molar-refractivity contribution in [2.24, 2.45) is 0 Å². The van der Waals surface area contributed by atoms with E-state index in [9.17, 15) is 4.21 Å². The fraction of sp³-hybridized carbons (Fsp3) is 1.00. The summed E-state index contributed by atoms with van der Waals surface area (Å²) in [5.74, 6) is 1.79. The Morgan fingerprint density at radius 2 is 1.88 bits per heavy atom. The van der Waals surface area contributed by atoms with Crippen LogP contribution in [0.4, 0.5) is 0 Å². The Balaban J connectivity index is 2.00. The largest absolute Gasteiger partial charge is 0.314 e. The molecule has 1 heterocycles. The van der Waals surface area contributed by atoms with Gasteiger partial charge in [-0.1, -0.05) is 13.8 Å². The highest BCUT2D eigenvalue weighted by molar-refractivity contribution is 7.85. The Morgan fingerprint density at radius 3 is 2.44 bits per heavy atom. The van der Waals surface area contributed by atoms with E-state index in [1.54, 1.807) is 0 Å². The van der Waals surface area contributed by atoms with E-state index in [1.165, 1.54) is 13.0 Å². The second-order valence-corrected chi connectivity index (χ2v) is 6.15. The van der Waals surface area contributed by atoms with E-state index in [4.69, 9.17) is 0 Å². The fourth-order valence-electron chi connectivity index (χ4n) is 2.15. The third kappa shape index (κ3) is 5.41. The second-order valence-electron chi connectivity index (χ2n) is 4.46. The first kappa shape index (κ1) is 14.1. The van der Waals surface area contributed by atoms with Gasteiger partial charge in [-0.3, -0.25) is 4.21 Å². The molecule has 16 heavy (non-hydrogen) atoms. The summed E-state index contributed by atoms with van der Waals surface area (Å²) in [4.78, 5) is 2.46. The van der Waals surface area contributed by atoms with Gasteiger partial charge in [0.05, 0.1) is 0 Å². The van der Waals surface area contributed by atoms with Crippen LogP contribution < -0.4 is 5.32 Å². The Hall–Kier alpha value is 0.0700. The first-order valence-electron chi connectivity index (χ1n) is 6.57.